The van der Waals surface area contributed by atoms with Crippen molar-refractivity contribution < 1.29 is 23.9 Å². The van der Waals surface area contributed by atoms with Crippen molar-refractivity contribution in [3.05, 3.63) is 12.3 Å². The Morgan fingerprint density at radius 1 is 1.30 bits per heavy atom. The van der Waals surface area contributed by atoms with E-state index >= 15 is 0 Å². The van der Waals surface area contributed by atoms with Crippen molar-refractivity contribution in [3.8, 4) is 0 Å². The Kier molecular flexibility index (Phi) is 6.87. The summed E-state index contributed by atoms with van der Waals surface area (Å²) in [4.78, 5) is 36.6. The lowest BCUT2D eigenvalue weighted by atomic mass is 10.2. The van der Waals surface area contributed by atoms with Gasteiger partial charge in [-0.3, -0.25) is 10.1 Å². The van der Waals surface area contributed by atoms with Crippen molar-refractivity contribution in [2.75, 3.05) is 19.7 Å². The number of amides is 4. The van der Waals surface area contributed by atoms with Crippen LogP contribution in [0.4, 0.5) is 9.59 Å². The highest BCUT2D eigenvalue weighted by Crippen LogP contribution is 2.15. The molecular formula is C15H25N3O5. The zero-order valence-corrected chi connectivity index (χ0v) is 14.0. The molecule has 0 spiro atoms. The van der Waals surface area contributed by atoms with Crippen molar-refractivity contribution in [3.63, 3.8) is 0 Å². The van der Waals surface area contributed by atoms with Gasteiger partial charge in [0.1, 0.15) is 5.60 Å². The van der Waals surface area contributed by atoms with E-state index in [4.69, 9.17) is 9.47 Å². The maximum atomic E-state index is 11.9. The van der Waals surface area contributed by atoms with Crippen LogP contribution in [0.5, 0.6) is 0 Å². The summed E-state index contributed by atoms with van der Waals surface area (Å²) < 4.78 is 10.1. The number of carbonyl (C=O) groups excluding carboxylic acids is 3. The molecule has 0 bridgehead atoms. The molecule has 1 rings (SSSR count). The fourth-order valence-electron chi connectivity index (χ4n) is 1.95. The van der Waals surface area contributed by atoms with Gasteiger partial charge in [-0.2, -0.15) is 0 Å². The summed E-state index contributed by atoms with van der Waals surface area (Å²) in [5.41, 5.74) is -0.556. The maximum absolute atomic E-state index is 11.9. The van der Waals surface area contributed by atoms with E-state index in [9.17, 15) is 14.4 Å². The van der Waals surface area contributed by atoms with Gasteiger partial charge < -0.3 is 19.7 Å². The number of nitrogens with one attached hydrogen (secondary N) is 2. The van der Waals surface area contributed by atoms with Crippen LogP contribution in [0.3, 0.4) is 0 Å². The number of imide groups is 1. The van der Waals surface area contributed by atoms with Crippen LogP contribution in [0.1, 0.15) is 34.1 Å². The number of nitrogens with zero attached hydrogens (tertiary/aromatic N) is 1. The number of rotatable bonds is 4. The third-order valence-corrected chi connectivity index (χ3v) is 2.89. The molecule has 8 nitrogen and oxygen atoms in total. The van der Waals surface area contributed by atoms with Crippen LogP contribution in [0.2, 0.25) is 0 Å². The van der Waals surface area contributed by atoms with E-state index in [-0.39, 0.29) is 6.04 Å². The summed E-state index contributed by atoms with van der Waals surface area (Å²) in [6.07, 6.45) is 2.56. The van der Waals surface area contributed by atoms with Gasteiger partial charge in [-0.15, -0.1) is 0 Å². The normalized spacial score (nSPS) is 17.9. The quantitative estimate of drug-likeness (QED) is 0.600. The number of hydrogen-bond acceptors (Lipinski definition) is 5. The van der Waals surface area contributed by atoms with Gasteiger partial charge in [-0.25, -0.2) is 9.59 Å². The molecule has 1 atom stereocenters. The average molecular weight is 327 g/mol. The summed E-state index contributed by atoms with van der Waals surface area (Å²) >= 11 is 0. The lowest BCUT2D eigenvalue weighted by molar-refractivity contribution is -0.115. The second-order valence-corrected chi connectivity index (χ2v) is 6.13. The molecule has 0 aliphatic carbocycles. The average Bonchev–Trinajstić information content (AvgIpc) is 2.85. The van der Waals surface area contributed by atoms with Crippen LogP contribution < -0.4 is 10.6 Å². The third kappa shape index (κ3) is 7.53. The highest BCUT2D eigenvalue weighted by atomic mass is 16.6. The fourth-order valence-corrected chi connectivity index (χ4v) is 1.95. The van der Waals surface area contributed by atoms with E-state index in [1.807, 2.05) is 0 Å². The highest BCUT2D eigenvalue weighted by molar-refractivity contribution is 6.00. The summed E-state index contributed by atoms with van der Waals surface area (Å²) in [5, 5.41) is 4.81. The Morgan fingerprint density at radius 3 is 2.61 bits per heavy atom. The zero-order valence-electron chi connectivity index (χ0n) is 14.0. The zero-order chi connectivity index (χ0) is 17.5. The molecule has 1 aliphatic heterocycles. The molecule has 8 heteroatoms. The second kappa shape index (κ2) is 8.40. The van der Waals surface area contributed by atoms with Crippen LogP contribution in [0.25, 0.3) is 0 Å². The van der Waals surface area contributed by atoms with E-state index in [1.165, 1.54) is 11.2 Å². The molecule has 0 unspecified atom stereocenters. The van der Waals surface area contributed by atoms with Gasteiger partial charge in [0.05, 0.1) is 12.9 Å². The predicted octanol–water partition coefficient (Wildman–Crippen LogP) is 1.37. The smallest absolute Gasteiger partial charge is 0.410 e. The summed E-state index contributed by atoms with van der Waals surface area (Å²) in [7, 11) is 0. The van der Waals surface area contributed by atoms with Crippen molar-refractivity contribution >= 4 is 18.0 Å². The second-order valence-electron chi connectivity index (χ2n) is 6.13. The molecule has 1 saturated heterocycles. The number of ether oxygens (including phenoxy) is 2. The molecule has 1 heterocycles. The molecule has 1 fully saturated rings. The van der Waals surface area contributed by atoms with Gasteiger partial charge in [0.25, 0.3) is 5.91 Å². The summed E-state index contributed by atoms with van der Waals surface area (Å²) in [6.45, 7) is 8.47. The molecule has 4 amide bonds. The monoisotopic (exact) mass is 327 g/mol. The molecular weight excluding hydrogens is 302 g/mol. The third-order valence-electron chi connectivity index (χ3n) is 2.89. The van der Waals surface area contributed by atoms with E-state index in [0.717, 1.165) is 6.08 Å². The van der Waals surface area contributed by atoms with Crippen LogP contribution >= 0.6 is 0 Å². The van der Waals surface area contributed by atoms with Crippen LogP contribution in [0.15, 0.2) is 12.3 Å². The van der Waals surface area contributed by atoms with Gasteiger partial charge in [-0.05, 0) is 34.1 Å². The molecule has 0 saturated carbocycles. The van der Waals surface area contributed by atoms with E-state index in [1.54, 1.807) is 27.7 Å². The van der Waals surface area contributed by atoms with Crippen LogP contribution in [-0.2, 0) is 14.3 Å². The first-order valence-corrected chi connectivity index (χ1v) is 7.59. The van der Waals surface area contributed by atoms with Gasteiger partial charge in [-0.1, -0.05) is 0 Å². The van der Waals surface area contributed by atoms with Gasteiger partial charge in [0, 0.05) is 25.2 Å². The SMILES string of the molecule is CCO/C=C/C(=O)NC(=O)N[C@@H]1CCN(C(=O)OC(C)(C)C)C1. The molecule has 130 valence electrons. The lowest BCUT2D eigenvalue weighted by Crippen LogP contribution is -2.45. The first kappa shape index (κ1) is 18.8. The van der Waals surface area contributed by atoms with Crippen LogP contribution in [0, 0.1) is 0 Å². The number of likely N-dealkylation sites (tertiary alicyclic amines) is 1. The molecule has 2 N–H and O–H groups in total. The number of hydrogen-bond donors (Lipinski definition) is 2. The Morgan fingerprint density at radius 2 is 2.00 bits per heavy atom. The van der Waals surface area contributed by atoms with E-state index in [0.29, 0.717) is 26.1 Å². The van der Waals surface area contributed by atoms with E-state index in [2.05, 4.69) is 10.6 Å². The van der Waals surface area contributed by atoms with Gasteiger partial charge in [0.2, 0.25) is 0 Å². The topological polar surface area (TPSA) is 97.0 Å². The van der Waals surface area contributed by atoms with E-state index < -0.39 is 23.6 Å². The number of carbonyl (C=O) groups is 3. The largest absolute Gasteiger partial charge is 0.501 e. The summed E-state index contributed by atoms with van der Waals surface area (Å²) in [6, 6.07) is -0.821. The first-order chi connectivity index (χ1) is 10.7. The molecule has 0 aromatic rings. The molecule has 0 aromatic heterocycles. The molecule has 0 radical (unpaired) electrons. The Balaban J connectivity index is 2.35. The maximum Gasteiger partial charge on any atom is 0.410 e. The minimum absolute atomic E-state index is 0.216. The molecule has 1 aliphatic rings. The van der Waals surface area contributed by atoms with Crippen molar-refractivity contribution in [1.82, 2.24) is 15.5 Å². The fraction of sp³-hybridized carbons (Fsp3) is 0.667. The predicted molar refractivity (Wildman–Crippen MR) is 83.7 cm³/mol. The highest BCUT2D eigenvalue weighted by Gasteiger charge is 2.30. The van der Waals surface area contributed by atoms with Crippen molar-refractivity contribution in [2.45, 2.75) is 45.8 Å². The Bertz CT molecular complexity index is 470. The molecule has 23 heavy (non-hydrogen) atoms. The van der Waals surface area contributed by atoms with Crippen molar-refractivity contribution in [2.24, 2.45) is 0 Å². The van der Waals surface area contributed by atoms with Crippen LogP contribution in [-0.4, -0.2) is 54.3 Å². The standard InChI is InChI=1S/C15H25N3O5/c1-5-22-9-7-12(19)17-13(20)16-11-6-8-18(10-11)14(21)23-15(2,3)4/h7,9,11H,5-6,8,10H2,1-4H3,(H2,16,17,19,20)/b9-7+/t11-/m1/s1. The Hall–Kier alpha value is -2.25. The van der Waals surface area contributed by atoms with Gasteiger partial charge in [0.15, 0.2) is 0 Å². The lowest BCUT2D eigenvalue weighted by Gasteiger charge is -2.24. The number of urea groups is 1. The minimum Gasteiger partial charge on any atom is -0.501 e. The van der Waals surface area contributed by atoms with Crippen molar-refractivity contribution in [1.29, 1.82) is 0 Å². The summed E-state index contributed by atoms with van der Waals surface area (Å²) in [5.74, 6) is -0.571. The minimum atomic E-state index is -0.604. The molecule has 0 aromatic carbocycles. The van der Waals surface area contributed by atoms with Gasteiger partial charge >= 0.3 is 12.1 Å². The Labute approximate surface area is 136 Å². The first-order valence-electron chi connectivity index (χ1n) is 7.59.